The van der Waals surface area contributed by atoms with E-state index < -0.39 is 6.04 Å². The Morgan fingerprint density at radius 1 is 1.10 bits per heavy atom. The van der Waals surface area contributed by atoms with Crippen LogP contribution in [0.3, 0.4) is 0 Å². The van der Waals surface area contributed by atoms with Gasteiger partial charge in [-0.05, 0) is 30.7 Å². The van der Waals surface area contributed by atoms with E-state index in [2.05, 4.69) is 31.1 Å². The summed E-state index contributed by atoms with van der Waals surface area (Å²) in [6, 6.07) is 13.2. The topological polar surface area (TPSA) is 129 Å². The summed E-state index contributed by atoms with van der Waals surface area (Å²) < 4.78 is 0. The Hall–Kier alpha value is -4.01. The molecule has 0 aliphatic carbocycles. The number of aromatic amines is 1. The second kappa shape index (κ2) is 7.93. The smallest absolute Gasteiger partial charge is 0.254 e. The lowest BCUT2D eigenvalue weighted by molar-refractivity contribution is -0.118. The maximum Gasteiger partial charge on any atom is 0.254 e. The minimum Gasteiger partial charge on any atom is -0.340 e. The zero-order chi connectivity index (χ0) is 20.2. The molecule has 1 aromatic heterocycles. The van der Waals surface area contributed by atoms with Crippen molar-refractivity contribution in [2.75, 3.05) is 10.6 Å². The van der Waals surface area contributed by atoms with Gasteiger partial charge in [-0.3, -0.25) is 19.5 Å². The van der Waals surface area contributed by atoms with E-state index in [4.69, 9.17) is 0 Å². The number of aromatic nitrogens is 3. The lowest BCUT2D eigenvalue weighted by Gasteiger charge is -2.14. The van der Waals surface area contributed by atoms with Crippen LogP contribution in [0.4, 0.5) is 11.4 Å². The van der Waals surface area contributed by atoms with Gasteiger partial charge in [0.15, 0.2) is 5.82 Å². The normalized spacial score (nSPS) is 15.7. The molecule has 29 heavy (non-hydrogen) atoms. The number of hydrogen-bond donors (Lipinski definition) is 4. The van der Waals surface area contributed by atoms with E-state index in [0.717, 1.165) is 5.56 Å². The maximum atomic E-state index is 12.4. The molecule has 1 aliphatic rings. The molecule has 3 amide bonds. The van der Waals surface area contributed by atoms with Crippen molar-refractivity contribution in [2.45, 2.75) is 18.9 Å². The van der Waals surface area contributed by atoms with E-state index in [1.54, 1.807) is 42.5 Å². The van der Waals surface area contributed by atoms with Crippen molar-refractivity contribution >= 4 is 29.1 Å². The molecule has 2 aromatic carbocycles. The van der Waals surface area contributed by atoms with Gasteiger partial charge in [0, 0.05) is 17.7 Å². The highest BCUT2D eigenvalue weighted by molar-refractivity contribution is 6.10. The molecule has 9 heteroatoms. The number of benzene rings is 2. The molecule has 1 unspecified atom stereocenters. The largest absolute Gasteiger partial charge is 0.340 e. The van der Waals surface area contributed by atoms with Gasteiger partial charge in [0.05, 0.1) is 11.3 Å². The van der Waals surface area contributed by atoms with Gasteiger partial charge in [-0.25, -0.2) is 4.98 Å². The molecule has 3 aromatic rings. The van der Waals surface area contributed by atoms with Crippen LogP contribution in [0.25, 0.3) is 11.4 Å². The molecular weight excluding hydrogens is 372 g/mol. The molecule has 0 spiro atoms. The summed E-state index contributed by atoms with van der Waals surface area (Å²) in [4.78, 5) is 41.2. The van der Waals surface area contributed by atoms with Gasteiger partial charge >= 0.3 is 0 Å². The Bertz CT molecular complexity index is 1060. The molecule has 1 atom stereocenters. The van der Waals surface area contributed by atoms with Crippen molar-refractivity contribution < 1.29 is 14.4 Å². The fourth-order valence-electron chi connectivity index (χ4n) is 3.10. The fourth-order valence-corrected chi connectivity index (χ4v) is 3.10. The van der Waals surface area contributed by atoms with E-state index in [1.807, 2.05) is 6.07 Å². The molecule has 2 heterocycles. The Labute approximate surface area is 165 Å². The average molecular weight is 390 g/mol. The quantitative estimate of drug-likeness (QED) is 0.529. The number of fused-ring (bicyclic) bond motifs is 1. The number of carbonyl (C=O) groups excluding carboxylic acids is 3. The highest BCUT2D eigenvalue weighted by Gasteiger charge is 2.27. The number of rotatable bonds is 5. The number of nitrogens with zero attached hydrogens (tertiary/aromatic N) is 2. The Morgan fingerprint density at radius 3 is 2.79 bits per heavy atom. The maximum absolute atomic E-state index is 12.4. The van der Waals surface area contributed by atoms with E-state index in [9.17, 15) is 14.4 Å². The number of carbonyl (C=O) groups is 3. The third-order valence-corrected chi connectivity index (χ3v) is 4.55. The predicted octanol–water partition coefficient (Wildman–Crippen LogP) is 1.94. The zero-order valence-electron chi connectivity index (χ0n) is 15.3. The van der Waals surface area contributed by atoms with Gasteiger partial charge in [0.1, 0.15) is 12.4 Å². The number of anilines is 2. The Balaban J connectivity index is 1.37. The van der Waals surface area contributed by atoms with Crippen LogP contribution < -0.4 is 16.0 Å². The second-order valence-electron chi connectivity index (χ2n) is 6.56. The summed E-state index contributed by atoms with van der Waals surface area (Å²) in [7, 11) is 0. The lowest BCUT2D eigenvalue weighted by Crippen LogP contribution is -2.41. The Kier molecular flexibility index (Phi) is 5.02. The molecule has 146 valence electrons. The minimum atomic E-state index is -0.791. The first-order chi connectivity index (χ1) is 14.1. The summed E-state index contributed by atoms with van der Waals surface area (Å²) in [5.41, 5.74) is 2.25. The van der Waals surface area contributed by atoms with Gasteiger partial charge in [-0.2, -0.15) is 5.10 Å². The van der Waals surface area contributed by atoms with Crippen LogP contribution in [-0.2, 0) is 9.59 Å². The lowest BCUT2D eigenvalue weighted by atomic mass is 10.1. The molecule has 0 bridgehead atoms. The van der Waals surface area contributed by atoms with E-state index in [0.29, 0.717) is 22.8 Å². The van der Waals surface area contributed by atoms with Gasteiger partial charge in [0.25, 0.3) is 5.91 Å². The summed E-state index contributed by atoms with van der Waals surface area (Å²) in [6.45, 7) is 0. The third kappa shape index (κ3) is 4.13. The van der Waals surface area contributed by atoms with Crippen LogP contribution >= 0.6 is 0 Å². The molecule has 0 fully saturated rings. The van der Waals surface area contributed by atoms with E-state index >= 15 is 0 Å². The number of para-hydroxylation sites is 1. The zero-order valence-corrected chi connectivity index (χ0v) is 15.3. The first-order valence-electron chi connectivity index (χ1n) is 9.06. The number of nitrogens with one attached hydrogen (secondary N) is 4. The molecule has 9 nitrogen and oxygen atoms in total. The van der Waals surface area contributed by atoms with Crippen molar-refractivity contribution in [1.29, 1.82) is 0 Å². The second-order valence-corrected chi connectivity index (χ2v) is 6.56. The predicted molar refractivity (Wildman–Crippen MR) is 106 cm³/mol. The van der Waals surface area contributed by atoms with Crippen molar-refractivity contribution in [1.82, 2.24) is 20.5 Å². The van der Waals surface area contributed by atoms with E-state index in [-0.39, 0.29) is 30.6 Å². The standard InChI is InChI=1S/C20H18N6O3/c27-17(23-13-5-3-4-12(10-13)18-21-11-22-26-18)9-8-16-20(29)24-15-7-2-1-6-14(15)19(28)25-16/h1-7,10-11,16H,8-9H2,(H,23,27)(H,24,29)(H,25,28)(H,21,22,26). The van der Waals surface area contributed by atoms with Gasteiger partial charge in [-0.1, -0.05) is 24.3 Å². The van der Waals surface area contributed by atoms with Gasteiger partial charge < -0.3 is 16.0 Å². The van der Waals surface area contributed by atoms with Crippen LogP contribution in [0.1, 0.15) is 23.2 Å². The third-order valence-electron chi connectivity index (χ3n) is 4.55. The highest BCUT2D eigenvalue weighted by Crippen LogP contribution is 2.21. The summed E-state index contributed by atoms with van der Waals surface area (Å²) in [5, 5.41) is 14.8. The number of H-pyrrole nitrogens is 1. The molecular formula is C20H18N6O3. The SMILES string of the molecule is O=C(CCC1NC(=O)c2ccccc2NC1=O)Nc1cccc(-c2ncn[nH]2)c1. The van der Waals surface area contributed by atoms with Gasteiger partial charge in [0.2, 0.25) is 11.8 Å². The fraction of sp³-hybridized carbons (Fsp3) is 0.150. The minimum absolute atomic E-state index is 0.0707. The summed E-state index contributed by atoms with van der Waals surface area (Å²) in [5.74, 6) is -0.352. The monoisotopic (exact) mass is 390 g/mol. The molecule has 0 saturated carbocycles. The first kappa shape index (κ1) is 18.4. The molecule has 4 rings (SSSR count). The van der Waals surface area contributed by atoms with Gasteiger partial charge in [-0.15, -0.1) is 0 Å². The number of hydrogen-bond acceptors (Lipinski definition) is 5. The van der Waals surface area contributed by atoms with Crippen LogP contribution in [-0.4, -0.2) is 38.9 Å². The molecule has 0 saturated heterocycles. The molecule has 1 aliphatic heterocycles. The Morgan fingerprint density at radius 2 is 1.97 bits per heavy atom. The van der Waals surface area contributed by atoms with Crippen LogP contribution in [0.5, 0.6) is 0 Å². The average Bonchev–Trinajstić information content (AvgIpc) is 3.22. The van der Waals surface area contributed by atoms with Crippen LogP contribution in [0.15, 0.2) is 54.9 Å². The number of amides is 3. The summed E-state index contributed by atoms with van der Waals surface area (Å²) >= 11 is 0. The first-order valence-corrected chi connectivity index (χ1v) is 9.06. The van der Waals surface area contributed by atoms with Crippen LogP contribution in [0, 0.1) is 0 Å². The van der Waals surface area contributed by atoms with E-state index in [1.165, 1.54) is 6.33 Å². The summed E-state index contributed by atoms with van der Waals surface area (Å²) in [6.07, 6.45) is 1.66. The van der Waals surface area contributed by atoms with Crippen LogP contribution in [0.2, 0.25) is 0 Å². The molecule has 0 radical (unpaired) electrons. The highest BCUT2D eigenvalue weighted by atomic mass is 16.2. The van der Waals surface area contributed by atoms with Crippen molar-refractivity contribution in [2.24, 2.45) is 0 Å². The van der Waals surface area contributed by atoms with Crippen molar-refractivity contribution in [3.8, 4) is 11.4 Å². The van der Waals surface area contributed by atoms with Crippen molar-refractivity contribution in [3.63, 3.8) is 0 Å². The van der Waals surface area contributed by atoms with Crippen molar-refractivity contribution in [3.05, 3.63) is 60.4 Å². The molecule has 4 N–H and O–H groups in total.